The highest BCUT2D eigenvalue weighted by Crippen LogP contribution is 2.48. The molecular formula is C28H23N3O6S. The van der Waals surface area contributed by atoms with Crippen molar-refractivity contribution < 1.29 is 24.4 Å². The lowest BCUT2D eigenvalue weighted by atomic mass is 9.92. The first kappa shape index (κ1) is 25.2. The fraction of sp³-hybridized carbons (Fsp3) is 0.179. The number of carbonyl (C=O) groups is 3. The molecule has 3 aromatic carbocycles. The van der Waals surface area contributed by atoms with Gasteiger partial charge in [-0.2, -0.15) is 0 Å². The molecule has 0 aliphatic carbocycles. The van der Waals surface area contributed by atoms with E-state index >= 15 is 0 Å². The van der Waals surface area contributed by atoms with Gasteiger partial charge in [-0.3, -0.25) is 24.6 Å². The second-order valence-corrected chi connectivity index (χ2v) is 10.3. The molecule has 0 radical (unpaired) electrons. The van der Waals surface area contributed by atoms with Crippen molar-refractivity contribution in [2.45, 2.75) is 29.5 Å². The van der Waals surface area contributed by atoms with Crippen LogP contribution < -0.4 is 5.32 Å². The van der Waals surface area contributed by atoms with E-state index in [4.69, 9.17) is 0 Å². The Labute approximate surface area is 222 Å². The quantitative estimate of drug-likeness (QED) is 0.259. The average Bonchev–Trinajstić information content (AvgIpc) is 2.92. The summed E-state index contributed by atoms with van der Waals surface area (Å²) >= 11 is 1.41. The molecule has 1 fully saturated rings. The van der Waals surface area contributed by atoms with Crippen LogP contribution in [0.1, 0.15) is 16.7 Å². The molecule has 2 unspecified atom stereocenters. The normalized spacial score (nSPS) is 20.4. The number of benzene rings is 3. The van der Waals surface area contributed by atoms with E-state index in [1.54, 1.807) is 0 Å². The van der Waals surface area contributed by atoms with Crippen LogP contribution in [0.5, 0.6) is 0 Å². The Morgan fingerprint density at radius 2 is 1.55 bits per heavy atom. The molecule has 5 rings (SSSR count). The van der Waals surface area contributed by atoms with Crippen LogP contribution in [0.25, 0.3) is 5.57 Å². The molecule has 2 N–H and O–H groups in total. The molecule has 2 amide bonds. The summed E-state index contributed by atoms with van der Waals surface area (Å²) in [6.07, 6.45) is 0.572. The van der Waals surface area contributed by atoms with Gasteiger partial charge in [0, 0.05) is 23.0 Å². The highest BCUT2D eigenvalue weighted by molar-refractivity contribution is 8.01. The van der Waals surface area contributed by atoms with E-state index in [2.05, 4.69) is 5.32 Å². The summed E-state index contributed by atoms with van der Waals surface area (Å²) < 4.78 is 0. The first-order chi connectivity index (χ1) is 18.3. The van der Waals surface area contributed by atoms with E-state index in [9.17, 15) is 29.6 Å². The summed E-state index contributed by atoms with van der Waals surface area (Å²) in [5, 5.41) is 23.2. The zero-order chi connectivity index (χ0) is 26.8. The van der Waals surface area contributed by atoms with Crippen LogP contribution in [0, 0.1) is 10.1 Å². The minimum absolute atomic E-state index is 0.102. The molecule has 2 aliphatic rings. The van der Waals surface area contributed by atoms with Gasteiger partial charge >= 0.3 is 5.97 Å². The molecule has 2 heterocycles. The Hall–Kier alpha value is -4.44. The van der Waals surface area contributed by atoms with Crippen LogP contribution in [-0.4, -0.2) is 49.4 Å². The Kier molecular flexibility index (Phi) is 6.97. The largest absolute Gasteiger partial charge is 0.477 e. The number of non-ortho nitro benzene ring substituents is 1. The number of carboxylic acids is 1. The van der Waals surface area contributed by atoms with Gasteiger partial charge in [0.15, 0.2) is 0 Å². The predicted octanol–water partition coefficient (Wildman–Crippen LogP) is 3.64. The topological polar surface area (TPSA) is 130 Å². The zero-order valence-corrected chi connectivity index (χ0v) is 20.8. The number of amides is 2. The molecular weight excluding hydrogens is 506 g/mol. The van der Waals surface area contributed by atoms with Gasteiger partial charge in [-0.1, -0.05) is 60.7 Å². The van der Waals surface area contributed by atoms with Crippen molar-refractivity contribution in [1.82, 2.24) is 10.2 Å². The minimum atomic E-state index is -1.27. The molecule has 10 heteroatoms. The van der Waals surface area contributed by atoms with Gasteiger partial charge in [-0.05, 0) is 35.2 Å². The number of rotatable bonds is 8. The van der Waals surface area contributed by atoms with E-state index in [1.165, 1.54) is 40.9 Å². The Bertz CT molecular complexity index is 1430. The van der Waals surface area contributed by atoms with Gasteiger partial charge in [-0.25, -0.2) is 4.79 Å². The number of carbonyl (C=O) groups excluding carboxylic acids is 2. The van der Waals surface area contributed by atoms with E-state index < -0.39 is 28.2 Å². The van der Waals surface area contributed by atoms with Gasteiger partial charge in [0.05, 0.1) is 11.3 Å². The summed E-state index contributed by atoms with van der Waals surface area (Å²) in [6.45, 7) is 0. The Morgan fingerprint density at radius 3 is 2.13 bits per heavy atom. The zero-order valence-electron chi connectivity index (χ0n) is 20.0. The molecule has 192 valence electrons. The van der Waals surface area contributed by atoms with Crippen molar-refractivity contribution in [3.63, 3.8) is 0 Å². The number of fused-ring (bicyclic) bond motifs is 1. The van der Waals surface area contributed by atoms with Gasteiger partial charge < -0.3 is 10.4 Å². The van der Waals surface area contributed by atoms with Gasteiger partial charge in [0.25, 0.3) is 11.6 Å². The minimum Gasteiger partial charge on any atom is -0.477 e. The molecule has 9 nitrogen and oxygen atoms in total. The van der Waals surface area contributed by atoms with Crippen LogP contribution in [0.15, 0.2) is 90.6 Å². The lowest BCUT2D eigenvalue weighted by molar-refractivity contribution is -0.384. The Balaban J connectivity index is 1.49. The van der Waals surface area contributed by atoms with E-state index in [1.807, 2.05) is 60.7 Å². The summed E-state index contributed by atoms with van der Waals surface area (Å²) in [7, 11) is 0. The maximum atomic E-state index is 13.2. The number of nitrogens with zero attached hydrogens (tertiary/aromatic N) is 2. The van der Waals surface area contributed by atoms with Crippen molar-refractivity contribution in [2.24, 2.45) is 0 Å². The SMILES string of the molecule is O=C(Cc1ccccc1)NC1C(=O)N2C(C(=O)O)=C(c3ccc([N+](=O)[O-])cc3)C(Cc3ccccc3)S[C@H]12. The highest BCUT2D eigenvalue weighted by atomic mass is 32.2. The third kappa shape index (κ3) is 4.90. The second-order valence-electron chi connectivity index (χ2n) is 8.99. The number of thioether (sulfide) groups is 1. The first-order valence-electron chi connectivity index (χ1n) is 11.9. The molecule has 0 spiro atoms. The first-order valence-corrected chi connectivity index (χ1v) is 12.9. The molecule has 0 saturated carbocycles. The second kappa shape index (κ2) is 10.5. The highest BCUT2D eigenvalue weighted by Gasteiger charge is 2.56. The number of hydrogen-bond donors (Lipinski definition) is 2. The average molecular weight is 530 g/mol. The lowest BCUT2D eigenvalue weighted by Gasteiger charge is -2.51. The van der Waals surface area contributed by atoms with E-state index in [0.29, 0.717) is 17.6 Å². The maximum Gasteiger partial charge on any atom is 0.352 e. The number of nitrogens with one attached hydrogen (secondary N) is 1. The van der Waals surface area contributed by atoms with Crippen LogP contribution in [0.2, 0.25) is 0 Å². The fourth-order valence-electron chi connectivity index (χ4n) is 4.78. The van der Waals surface area contributed by atoms with Gasteiger partial charge in [0.2, 0.25) is 5.91 Å². The van der Waals surface area contributed by atoms with Crippen molar-refractivity contribution in [1.29, 1.82) is 0 Å². The summed E-state index contributed by atoms with van der Waals surface area (Å²) in [4.78, 5) is 50.3. The number of β-lactam (4-membered cyclic amide) rings is 1. The molecule has 3 aromatic rings. The summed E-state index contributed by atoms with van der Waals surface area (Å²) in [5.41, 5.74) is 2.40. The van der Waals surface area contributed by atoms with Crippen molar-refractivity contribution in [3.8, 4) is 0 Å². The molecule has 0 bridgehead atoms. The molecule has 2 aliphatic heterocycles. The Morgan fingerprint density at radius 1 is 0.947 bits per heavy atom. The summed E-state index contributed by atoms with van der Waals surface area (Å²) in [5.74, 6) is -2.10. The standard InChI is InChI=1S/C28H23N3O6S/c32-22(16-18-9-5-2-6-10-18)29-24-26(33)30-25(28(34)35)23(19-11-13-20(14-12-19)31(36)37)21(38-27(24)30)15-17-7-3-1-4-8-17/h1-14,21,24,27H,15-16H2,(H,29,32)(H,34,35)/t21?,24?,27-/m1/s1. The number of hydrogen-bond acceptors (Lipinski definition) is 6. The van der Waals surface area contributed by atoms with Crippen LogP contribution in [0.3, 0.4) is 0 Å². The molecule has 3 atom stereocenters. The smallest absolute Gasteiger partial charge is 0.352 e. The number of nitro groups is 1. The number of carboxylic acid groups (broad SMARTS) is 1. The molecule has 38 heavy (non-hydrogen) atoms. The van der Waals surface area contributed by atoms with Crippen molar-refractivity contribution >= 4 is 40.8 Å². The monoisotopic (exact) mass is 529 g/mol. The van der Waals surface area contributed by atoms with Crippen LogP contribution in [0.4, 0.5) is 5.69 Å². The van der Waals surface area contributed by atoms with Gasteiger partial charge in [0.1, 0.15) is 17.1 Å². The number of aliphatic carboxylic acids is 1. The third-order valence-electron chi connectivity index (χ3n) is 6.54. The summed E-state index contributed by atoms with van der Waals surface area (Å²) in [6, 6.07) is 23.5. The van der Waals surface area contributed by atoms with Gasteiger partial charge in [-0.15, -0.1) is 11.8 Å². The maximum absolute atomic E-state index is 13.2. The lowest BCUT2D eigenvalue weighted by Crippen LogP contribution is -2.71. The van der Waals surface area contributed by atoms with Crippen molar-refractivity contribution in [3.05, 3.63) is 117 Å². The van der Waals surface area contributed by atoms with E-state index in [0.717, 1.165) is 11.1 Å². The fourth-order valence-corrected chi connectivity index (χ4v) is 6.46. The van der Waals surface area contributed by atoms with Crippen molar-refractivity contribution in [2.75, 3.05) is 0 Å². The molecule has 1 saturated heterocycles. The van der Waals surface area contributed by atoms with Crippen LogP contribution in [-0.2, 0) is 27.2 Å². The molecule has 0 aromatic heterocycles. The third-order valence-corrected chi connectivity index (χ3v) is 8.04. The van der Waals surface area contributed by atoms with E-state index in [-0.39, 0.29) is 29.0 Å². The predicted molar refractivity (Wildman–Crippen MR) is 142 cm³/mol. The number of nitro benzene ring substituents is 1. The van der Waals surface area contributed by atoms with Crippen LogP contribution >= 0.6 is 11.8 Å².